The summed E-state index contributed by atoms with van der Waals surface area (Å²) in [6.45, 7) is 0.501. The lowest BCUT2D eigenvalue weighted by Crippen LogP contribution is -2.24. The predicted octanol–water partition coefficient (Wildman–Crippen LogP) is 2.08. The molecule has 25 heavy (non-hydrogen) atoms. The molecule has 1 aromatic heterocycles. The van der Waals surface area contributed by atoms with E-state index in [1.807, 2.05) is 54.6 Å². The zero-order valence-electron chi connectivity index (χ0n) is 13.6. The van der Waals surface area contributed by atoms with Crippen LogP contribution in [0.2, 0.25) is 0 Å². The highest BCUT2D eigenvalue weighted by Crippen LogP contribution is 2.21. The van der Waals surface area contributed by atoms with Crippen molar-refractivity contribution >= 4 is 17.7 Å². The number of rotatable bonds is 7. The highest BCUT2D eigenvalue weighted by molar-refractivity contribution is 7.99. The zero-order chi connectivity index (χ0) is 17.5. The average molecular weight is 355 g/mol. The molecular formula is C17H17N5O2S. The van der Waals surface area contributed by atoms with Crippen LogP contribution in [0.1, 0.15) is 5.56 Å². The molecule has 0 radical (unpaired) electrons. The predicted molar refractivity (Wildman–Crippen MR) is 94.7 cm³/mol. The summed E-state index contributed by atoms with van der Waals surface area (Å²) in [6, 6.07) is 17.2. The lowest BCUT2D eigenvalue weighted by Gasteiger charge is -2.07. The third kappa shape index (κ3) is 4.57. The molecule has 0 aliphatic heterocycles. The topological polar surface area (TPSA) is 81.9 Å². The molecule has 0 aliphatic rings. The summed E-state index contributed by atoms with van der Waals surface area (Å²) in [4.78, 5) is 12.0. The molecule has 7 nitrogen and oxygen atoms in total. The smallest absolute Gasteiger partial charge is 0.230 e. The van der Waals surface area contributed by atoms with Gasteiger partial charge >= 0.3 is 0 Å². The summed E-state index contributed by atoms with van der Waals surface area (Å²) in [5.74, 6) is 0.871. The number of hydrogen-bond donors (Lipinski definition) is 1. The van der Waals surface area contributed by atoms with E-state index in [-0.39, 0.29) is 11.7 Å². The maximum atomic E-state index is 12.0. The molecule has 0 bridgehead atoms. The van der Waals surface area contributed by atoms with E-state index in [4.69, 9.17) is 4.74 Å². The van der Waals surface area contributed by atoms with Crippen molar-refractivity contribution < 1.29 is 9.53 Å². The monoisotopic (exact) mass is 355 g/mol. The van der Waals surface area contributed by atoms with Crippen molar-refractivity contribution in [3.63, 3.8) is 0 Å². The van der Waals surface area contributed by atoms with Crippen LogP contribution in [0, 0.1) is 0 Å². The van der Waals surface area contributed by atoms with E-state index in [0.717, 1.165) is 11.3 Å². The molecule has 0 fully saturated rings. The van der Waals surface area contributed by atoms with Crippen molar-refractivity contribution in [1.29, 1.82) is 0 Å². The first-order valence-corrected chi connectivity index (χ1v) is 8.61. The van der Waals surface area contributed by atoms with Gasteiger partial charge in [0.2, 0.25) is 11.1 Å². The number of hydrogen-bond acceptors (Lipinski definition) is 6. The van der Waals surface area contributed by atoms with Gasteiger partial charge in [-0.2, -0.15) is 4.68 Å². The number of carbonyl (C=O) groups is 1. The molecule has 0 atom stereocenters. The molecule has 3 rings (SSSR count). The van der Waals surface area contributed by atoms with Gasteiger partial charge in [-0.25, -0.2) is 0 Å². The number of aromatic nitrogens is 4. The number of ether oxygens (including phenoxy) is 1. The second-order valence-electron chi connectivity index (χ2n) is 5.13. The van der Waals surface area contributed by atoms with Gasteiger partial charge in [-0.05, 0) is 28.1 Å². The highest BCUT2D eigenvalue weighted by atomic mass is 32.2. The fourth-order valence-electron chi connectivity index (χ4n) is 2.15. The number of thioether (sulfide) groups is 1. The molecule has 8 heteroatoms. The molecule has 0 saturated heterocycles. The van der Waals surface area contributed by atoms with Crippen LogP contribution >= 0.6 is 11.8 Å². The quantitative estimate of drug-likeness (QED) is 0.654. The largest absolute Gasteiger partial charge is 0.497 e. The van der Waals surface area contributed by atoms with Crippen LogP contribution in [-0.2, 0) is 11.3 Å². The van der Waals surface area contributed by atoms with Crippen molar-refractivity contribution in [2.45, 2.75) is 11.7 Å². The number of tetrazole rings is 1. The van der Waals surface area contributed by atoms with Gasteiger partial charge in [0.15, 0.2) is 0 Å². The standard InChI is InChI=1S/C17H17N5O2S/c1-24-15-9-5-8-14(10-15)22-17(19-20-21-22)25-12-16(23)18-11-13-6-3-2-4-7-13/h2-10H,11-12H2,1H3,(H,18,23). The fraction of sp³-hybridized carbons (Fsp3) is 0.176. The van der Waals surface area contributed by atoms with Crippen molar-refractivity contribution in [3.8, 4) is 11.4 Å². The summed E-state index contributed by atoms with van der Waals surface area (Å²) in [7, 11) is 1.60. The number of nitrogens with zero attached hydrogens (tertiary/aromatic N) is 4. The highest BCUT2D eigenvalue weighted by Gasteiger charge is 2.12. The Balaban J connectivity index is 1.58. The van der Waals surface area contributed by atoms with Gasteiger partial charge in [0.1, 0.15) is 5.75 Å². The summed E-state index contributed by atoms with van der Waals surface area (Å²) in [5.41, 5.74) is 1.83. The number of methoxy groups -OCH3 is 1. The third-order valence-corrected chi connectivity index (χ3v) is 4.32. The third-order valence-electron chi connectivity index (χ3n) is 3.40. The molecule has 1 amide bonds. The lowest BCUT2D eigenvalue weighted by atomic mass is 10.2. The minimum Gasteiger partial charge on any atom is -0.497 e. The van der Waals surface area contributed by atoms with Crippen molar-refractivity contribution in [1.82, 2.24) is 25.5 Å². The Labute approximate surface area is 149 Å². The zero-order valence-corrected chi connectivity index (χ0v) is 14.4. The fourth-order valence-corrected chi connectivity index (χ4v) is 2.87. The second-order valence-corrected chi connectivity index (χ2v) is 6.07. The number of nitrogens with one attached hydrogen (secondary N) is 1. The van der Waals surface area contributed by atoms with Crippen LogP contribution in [0.5, 0.6) is 5.75 Å². The van der Waals surface area contributed by atoms with Crippen LogP contribution in [0.4, 0.5) is 0 Å². The minimum atomic E-state index is -0.0750. The molecule has 128 valence electrons. The molecular weight excluding hydrogens is 338 g/mol. The van der Waals surface area contributed by atoms with E-state index in [2.05, 4.69) is 20.8 Å². The summed E-state index contributed by atoms with van der Waals surface area (Å²) >= 11 is 1.28. The molecule has 0 spiro atoms. The number of benzene rings is 2. The average Bonchev–Trinajstić information content (AvgIpc) is 3.14. The summed E-state index contributed by atoms with van der Waals surface area (Å²) in [6.07, 6.45) is 0. The van der Waals surface area contributed by atoms with Gasteiger partial charge in [0, 0.05) is 12.6 Å². The van der Waals surface area contributed by atoms with E-state index < -0.39 is 0 Å². The van der Waals surface area contributed by atoms with Gasteiger partial charge in [-0.15, -0.1) is 5.10 Å². The van der Waals surface area contributed by atoms with Crippen LogP contribution in [0.15, 0.2) is 59.8 Å². The van der Waals surface area contributed by atoms with Gasteiger partial charge in [0.05, 0.1) is 18.6 Å². The maximum absolute atomic E-state index is 12.0. The van der Waals surface area contributed by atoms with E-state index in [1.54, 1.807) is 11.8 Å². The van der Waals surface area contributed by atoms with E-state index >= 15 is 0 Å². The molecule has 0 unspecified atom stereocenters. The molecule has 1 heterocycles. The Morgan fingerprint density at radius 2 is 2.04 bits per heavy atom. The lowest BCUT2D eigenvalue weighted by molar-refractivity contribution is -0.118. The van der Waals surface area contributed by atoms with Crippen LogP contribution in [-0.4, -0.2) is 39.0 Å². The summed E-state index contributed by atoms with van der Waals surface area (Å²) < 4.78 is 6.79. The molecule has 0 saturated carbocycles. The van der Waals surface area contributed by atoms with Crippen LogP contribution < -0.4 is 10.1 Å². The van der Waals surface area contributed by atoms with Gasteiger partial charge in [-0.3, -0.25) is 4.79 Å². The van der Waals surface area contributed by atoms with Crippen LogP contribution in [0.3, 0.4) is 0 Å². The van der Waals surface area contributed by atoms with Crippen molar-refractivity contribution in [3.05, 3.63) is 60.2 Å². The van der Waals surface area contributed by atoms with E-state index in [1.165, 1.54) is 11.8 Å². The Bertz CT molecular complexity index is 838. The van der Waals surface area contributed by atoms with E-state index in [0.29, 0.717) is 17.5 Å². The first-order chi connectivity index (χ1) is 12.3. The Hall–Kier alpha value is -2.87. The molecule has 1 N–H and O–H groups in total. The first-order valence-electron chi connectivity index (χ1n) is 7.62. The summed E-state index contributed by atoms with van der Waals surface area (Å²) in [5, 5.41) is 15.1. The van der Waals surface area contributed by atoms with Gasteiger partial charge in [0.25, 0.3) is 0 Å². The van der Waals surface area contributed by atoms with Crippen molar-refractivity contribution in [2.75, 3.05) is 12.9 Å². The van der Waals surface area contributed by atoms with Crippen molar-refractivity contribution in [2.24, 2.45) is 0 Å². The van der Waals surface area contributed by atoms with E-state index in [9.17, 15) is 4.79 Å². The normalized spacial score (nSPS) is 10.4. The Kier molecular flexibility index (Phi) is 5.63. The molecule has 0 aliphatic carbocycles. The van der Waals surface area contributed by atoms with Crippen LogP contribution in [0.25, 0.3) is 5.69 Å². The molecule has 2 aromatic carbocycles. The maximum Gasteiger partial charge on any atom is 0.230 e. The number of carbonyl (C=O) groups excluding carboxylic acids is 1. The Morgan fingerprint density at radius 1 is 1.20 bits per heavy atom. The second kappa shape index (κ2) is 8.29. The van der Waals surface area contributed by atoms with Gasteiger partial charge < -0.3 is 10.1 Å². The SMILES string of the molecule is COc1cccc(-n2nnnc2SCC(=O)NCc2ccccc2)c1. The van der Waals surface area contributed by atoms with Gasteiger partial charge in [-0.1, -0.05) is 48.2 Å². The Morgan fingerprint density at radius 3 is 2.84 bits per heavy atom. The first kappa shape index (κ1) is 17.0. The molecule has 3 aromatic rings. The minimum absolute atomic E-state index is 0.0750. The number of amides is 1.